The minimum absolute atomic E-state index is 0.0122. The summed E-state index contributed by atoms with van der Waals surface area (Å²) >= 11 is 0. The second-order valence-electron chi connectivity index (χ2n) is 9.64. The molecule has 0 bridgehead atoms. The lowest BCUT2D eigenvalue weighted by molar-refractivity contribution is -0.393. The highest BCUT2D eigenvalue weighted by Gasteiger charge is 2.19. The fourth-order valence-electron chi connectivity index (χ4n) is 3.72. The van der Waals surface area contributed by atoms with Crippen LogP contribution in [0.15, 0.2) is 42.5 Å². The molecule has 19 nitrogen and oxygen atoms in total. The molecule has 19 heteroatoms. The number of nitro benzene ring substituents is 3. The molecule has 2 aromatic rings. The van der Waals surface area contributed by atoms with Crippen molar-refractivity contribution in [3.63, 3.8) is 0 Å². The van der Waals surface area contributed by atoms with Gasteiger partial charge in [-0.05, 0) is 18.2 Å². The average molecular weight is 701 g/mol. The van der Waals surface area contributed by atoms with Crippen molar-refractivity contribution < 1.29 is 57.4 Å². The van der Waals surface area contributed by atoms with Crippen LogP contribution in [0.3, 0.4) is 0 Å². The fourth-order valence-corrected chi connectivity index (χ4v) is 3.72. The minimum Gasteiger partial charge on any atom is -0.491 e. The van der Waals surface area contributed by atoms with Gasteiger partial charge in [-0.15, -0.1) is 0 Å². The van der Waals surface area contributed by atoms with Crippen LogP contribution >= 0.6 is 0 Å². The van der Waals surface area contributed by atoms with E-state index in [-0.39, 0.29) is 35.9 Å². The number of non-ortho nitro benzene ring substituents is 2. The van der Waals surface area contributed by atoms with Crippen molar-refractivity contribution in [3.05, 3.63) is 72.8 Å². The number of hydrogen-bond donors (Lipinski definition) is 1. The number of nitro groups is 3. The second-order valence-corrected chi connectivity index (χ2v) is 9.64. The third-order valence-corrected chi connectivity index (χ3v) is 6.10. The van der Waals surface area contributed by atoms with E-state index in [2.05, 4.69) is 5.32 Å². The smallest absolute Gasteiger partial charge is 0.299 e. The maximum absolute atomic E-state index is 11.1. The van der Waals surface area contributed by atoms with E-state index in [1.54, 1.807) is 12.1 Å². The van der Waals surface area contributed by atoms with E-state index >= 15 is 0 Å². The largest absolute Gasteiger partial charge is 0.491 e. The number of nitrogens with zero attached hydrogens (tertiary/aromatic N) is 3. The van der Waals surface area contributed by atoms with Crippen molar-refractivity contribution in [2.45, 2.75) is 0 Å². The van der Waals surface area contributed by atoms with Crippen LogP contribution in [0.4, 0.5) is 22.7 Å². The lowest BCUT2D eigenvalue weighted by atomic mass is 10.2. The van der Waals surface area contributed by atoms with Crippen LogP contribution in [0.2, 0.25) is 0 Å². The second kappa shape index (κ2) is 26.8. The highest BCUT2D eigenvalue weighted by Crippen LogP contribution is 2.28. The van der Waals surface area contributed by atoms with Gasteiger partial charge in [-0.25, -0.2) is 0 Å². The summed E-state index contributed by atoms with van der Waals surface area (Å²) in [5.41, 5.74) is -0.534. The van der Waals surface area contributed by atoms with Gasteiger partial charge < -0.3 is 47.9 Å². The molecule has 0 unspecified atom stereocenters. The van der Waals surface area contributed by atoms with Crippen molar-refractivity contribution in [2.75, 3.05) is 124 Å². The number of hydrogen-bond acceptors (Lipinski definition) is 16. The van der Waals surface area contributed by atoms with Crippen molar-refractivity contribution in [2.24, 2.45) is 0 Å². The van der Waals surface area contributed by atoms with E-state index in [0.717, 1.165) is 6.07 Å². The number of anilines is 1. The molecule has 0 saturated heterocycles. The molecular weight excluding hydrogens is 656 g/mol. The molecule has 0 atom stereocenters. The summed E-state index contributed by atoms with van der Waals surface area (Å²) in [5.74, 6) is 0.540. The van der Waals surface area contributed by atoms with Crippen molar-refractivity contribution in [3.8, 4) is 5.75 Å². The molecule has 2 aromatic carbocycles. The summed E-state index contributed by atoms with van der Waals surface area (Å²) in [5, 5.41) is 35.4. The Morgan fingerprint density at radius 1 is 0.449 bits per heavy atom. The molecule has 0 aliphatic rings. The van der Waals surface area contributed by atoms with Gasteiger partial charge in [0.1, 0.15) is 18.0 Å². The molecule has 0 radical (unpaired) electrons. The van der Waals surface area contributed by atoms with Crippen LogP contribution in [-0.4, -0.2) is 134 Å². The van der Waals surface area contributed by atoms with Gasteiger partial charge in [-0.1, -0.05) is 0 Å². The predicted octanol–water partition coefficient (Wildman–Crippen LogP) is 3.03. The molecule has 1 N–H and O–H groups in total. The van der Waals surface area contributed by atoms with Crippen LogP contribution in [0.5, 0.6) is 5.75 Å². The zero-order valence-corrected chi connectivity index (χ0v) is 27.2. The Morgan fingerprint density at radius 3 is 1.20 bits per heavy atom. The van der Waals surface area contributed by atoms with Crippen molar-refractivity contribution >= 4 is 22.7 Å². The standard InChI is InChI=1S/C30H44N4O15/c35-32(36)26-1-4-28(5-2-26)49-24-23-48-22-21-47-20-19-46-18-17-45-16-15-44-14-13-43-12-11-42-10-9-41-8-7-31-29-6-3-27(33(37)38)25-30(29)34(39)40/h1-6,25,31H,7-24H2. The molecule has 0 fully saturated rings. The van der Waals surface area contributed by atoms with Gasteiger partial charge >= 0.3 is 0 Å². The monoisotopic (exact) mass is 700 g/mol. The molecule has 0 saturated carbocycles. The summed E-state index contributed by atoms with van der Waals surface area (Å²) < 4.78 is 48.9. The van der Waals surface area contributed by atoms with Crippen molar-refractivity contribution in [1.82, 2.24) is 0 Å². The average Bonchev–Trinajstić information content (AvgIpc) is 3.09. The summed E-state index contributed by atoms with van der Waals surface area (Å²) in [6.45, 7) is 7.05. The first kappa shape index (κ1) is 41.1. The Hall–Kier alpha value is -4.08. The van der Waals surface area contributed by atoms with Gasteiger partial charge in [0.15, 0.2) is 0 Å². The number of rotatable bonds is 32. The van der Waals surface area contributed by atoms with E-state index in [4.69, 9.17) is 42.6 Å². The molecular formula is C30H44N4O15. The number of ether oxygens (including phenoxy) is 9. The van der Waals surface area contributed by atoms with E-state index in [1.165, 1.54) is 24.3 Å². The Bertz CT molecular complexity index is 1210. The van der Waals surface area contributed by atoms with Crippen LogP contribution in [0.1, 0.15) is 0 Å². The maximum Gasteiger partial charge on any atom is 0.299 e. The van der Waals surface area contributed by atoms with Crippen LogP contribution < -0.4 is 10.1 Å². The zero-order chi connectivity index (χ0) is 35.4. The predicted molar refractivity (Wildman–Crippen MR) is 173 cm³/mol. The van der Waals surface area contributed by atoms with Crippen LogP contribution in [0, 0.1) is 30.3 Å². The van der Waals surface area contributed by atoms with Gasteiger partial charge in [-0.3, -0.25) is 30.3 Å². The highest BCUT2D eigenvalue weighted by molar-refractivity contribution is 5.65. The molecule has 0 aromatic heterocycles. The molecule has 0 spiro atoms. The maximum atomic E-state index is 11.1. The fraction of sp³-hybridized carbons (Fsp3) is 0.600. The lowest BCUT2D eigenvalue weighted by Crippen LogP contribution is -2.16. The molecule has 49 heavy (non-hydrogen) atoms. The molecule has 0 amide bonds. The van der Waals surface area contributed by atoms with E-state index in [9.17, 15) is 30.3 Å². The Labute approximate surface area is 283 Å². The number of nitrogens with one attached hydrogen (secondary N) is 1. The first-order chi connectivity index (χ1) is 23.9. The highest BCUT2D eigenvalue weighted by atomic mass is 16.6. The van der Waals surface area contributed by atoms with Gasteiger partial charge in [0.2, 0.25) is 0 Å². The molecule has 0 aliphatic carbocycles. The normalized spacial score (nSPS) is 11.0. The third-order valence-electron chi connectivity index (χ3n) is 6.10. The Balaban J connectivity index is 1.24. The summed E-state index contributed by atoms with van der Waals surface area (Å²) in [6.07, 6.45) is 0. The number of benzene rings is 2. The summed E-state index contributed by atoms with van der Waals surface area (Å²) in [7, 11) is 0. The minimum atomic E-state index is -0.687. The topological polar surface area (TPSA) is 225 Å². The van der Waals surface area contributed by atoms with E-state index in [1.807, 2.05) is 0 Å². The quantitative estimate of drug-likeness (QED) is 0.0657. The van der Waals surface area contributed by atoms with Crippen molar-refractivity contribution in [1.29, 1.82) is 0 Å². The van der Waals surface area contributed by atoms with Crippen LogP contribution in [0.25, 0.3) is 0 Å². The molecule has 2 rings (SSSR count). The van der Waals surface area contributed by atoms with E-state index < -0.39 is 14.8 Å². The van der Waals surface area contributed by atoms with Gasteiger partial charge in [0.05, 0.1) is 127 Å². The first-order valence-corrected chi connectivity index (χ1v) is 15.5. The molecule has 274 valence electrons. The summed E-state index contributed by atoms with van der Waals surface area (Å²) in [4.78, 5) is 30.7. The SMILES string of the molecule is O=[N+]([O-])c1ccc(OCCOCCOCCOCCOCCOCCOCCOCCOCCNc2ccc([N+](=O)[O-])cc2[N+](=O)[O-])cc1. The lowest BCUT2D eigenvalue weighted by Gasteiger charge is -2.09. The van der Waals surface area contributed by atoms with Gasteiger partial charge in [-0.2, -0.15) is 0 Å². The third kappa shape index (κ3) is 20.1. The Kier molecular flexibility index (Phi) is 22.5. The first-order valence-electron chi connectivity index (χ1n) is 15.5. The van der Waals surface area contributed by atoms with Gasteiger partial charge in [0, 0.05) is 24.7 Å². The Morgan fingerprint density at radius 2 is 0.816 bits per heavy atom. The summed E-state index contributed by atoms with van der Waals surface area (Å²) in [6, 6.07) is 9.26. The zero-order valence-electron chi connectivity index (χ0n) is 27.2. The van der Waals surface area contributed by atoms with E-state index in [0.29, 0.717) is 111 Å². The van der Waals surface area contributed by atoms with Crippen LogP contribution in [-0.2, 0) is 37.9 Å². The van der Waals surface area contributed by atoms with Gasteiger partial charge in [0.25, 0.3) is 17.1 Å². The molecule has 0 heterocycles. The molecule has 0 aliphatic heterocycles.